The van der Waals surface area contributed by atoms with E-state index in [1.165, 1.54) is 4.57 Å². The Morgan fingerprint density at radius 1 is 1.19 bits per heavy atom. The molecule has 8 heteroatoms. The number of ether oxygens (including phenoxy) is 1. The smallest absolute Gasteiger partial charge is 0.287 e. The molecule has 3 aromatic rings. The van der Waals surface area contributed by atoms with Crippen LogP contribution >= 0.6 is 27.7 Å². The lowest BCUT2D eigenvalue weighted by Gasteiger charge is -2.08. The molecule has 27 heavy (non-hydrogen) atoms. The second-order valence-corrected chi connectivity index (χ2v) is 7.33. The van der Waals surface area contributed by atoms with Crippen LogP contribution in [-0.4, -0.2) is 28.3 Å². The summed E-state index contributed by atoms with van der Waals surface area (Å²) in [6.07, 6.45) is 3.14. The Morgan fingerprint density at radius 3 is 2.56 bits per heavy atom. The molecule has 0 saturated heterocycles. The summed E-state index contributed by atoms with van der Waals surface area (Å²) in [5.74, 6) is 0.591. The Kier molecular flexibility index (Phi) is 6.31. The SMILES string of the molecule is COc1ccc(-n2ccnc(SCC(=O)Nc3ccc(Br)cc3)c2=O)cc1. The molecule has 0 bridgehead atoms. The number of aromatic nitrogens is 2. The second-order valence-electron chi connectivity index (χ2n) is 5.45. The van der Waals surface area contributed by atoms with Gasteiger partial charge in [-0.25, -0.2) is 4.98 Å². The minimum absolute atomic E-state index is 0.0882. The largest absolute Gasteiger partial charge is 0.497 e. The van der Waals surface area contributed by atoms with Gasteiger partial charge in [-0.3, -0.25) is 14.2 Å². The molecule has 2 aromatic carbocycles. The predicted octanol–water partition coefficient (Wildman–Crippen LogP) is 3.73. The number of hydrogen-bond acceptors (Lipinski definition) is 5. The Balaban J connectivity index is 1.69. The molecule has 0 unspecified atom stereocenters. The fourth-order valence-corrected chi connectivity index (χ4v) is 3.26. The first kappa shape index (κ1) is 19.2. The molecule has 0 aliphatic rings. The number of halogens is 1. The summed E-state index contributed by atoms with van der Waals surface area (Å²) < 4.78 is 7.55. The summed E-state index contributed by atoms with van der Waals surface area (Å²) >= 11 is 4.45. The van der Waals surface area contributed by atoms with Gasteiger partial charge in [-0.1, -0.05) is 27.7 Å². The van der Waals surface area contributed by atoms with E-state index < -0.39 is 0 Å². The molecule has 1 aromatic heterocycles. The molecule has 0 fully saturated rings. The fraction of sp³-hybridized carbons (Fsp3) is 0.105. The van der Waals surface area contributed by atoms with E-state index in [9.17, 15) is 9.59 Å². The third-order valence-corrected chi connectivity index (χ3v) is 5.12. The number of rotatable bonds is 6. The molecule has 0 saturated carbocycles. The van der Waals surface area contributed by atoms with Crippen molar-refractivity contribution in [2.75, 3.05) is 18.2 Å². The molecule has 0 aliphatic carbocycles. The van der Waals surface area contributed by atoms with E-state index in [0.717, 1.165) is 16.2 Å². The average molecular weight is 446 g/mol. The van der Waals surface area contributed by atoms with Gasteiger partial charge in [-0.05, 0) is 48.5 Å². The number of hydrogen-bond donors (Lipinski definition) is 1. The van der Waals surface area contributed by atoms with Crippen LogP contribution in [-0.2, 0) is 4.79 Å². The van der Waals surface area contributed by atoms with Crippen molar-refractivity contribution in [3.05, 3.63) is 75.8 Å². The van der Waals surface area contributed by atoms with Crippen LogP contribution in [0, 0.1) is 0 Å². The quantitative estimate of drug-likeness (QED) is 0.585. The summed E-state index contributed by atoms with van der Waals surface area (Å²) in [7, 11) is 1.59. The zero-order valence-electron chi connectivity index (χ0n) is 14.4. The van der Waals surface area contributed by atoms with E-state index >= 15 is 0 Å². The minimum Gasteiger partial charge on any atom is -0.497 e. The minimum atomic E-state index is -0.274. The van der Waals surface area contributed by atoms with Crippen molar-refractivity contribution in [3.63, 3.8) is 0 Å². The van der Waals surface area contributed by atoms with Crippen molar-refractivity contribution in [3.8, 4) is 11.4 Å². The molecule has 0 spiro atoms. The van der Waals surface area contributed by atoms with E-state index in [0.29, 0.717) is 17.1 Å². The van der Waals surface area contributed by atoms with Crippen molar-refractivity contribution < 1.29 is 9.53 Å². The normalized spacial score (nSPS) is 10.4. The van der Waals surface area contributed by atoms with Crippen molar-refractivity contribution >= 4 is 39.3 Å². The first-order valence-corrected chi connectivity index (χ1v) is 9.75. The van der Waals surface area contributed by atoms with Gasteiger partial charge in [0.25, 0.3) is 5.56 Å². The highest BCUT2D eigenvalue weighted by Crippen LogP contribution is 2.17. The Bertz CT molecular complexity index is 988. The molecular formula is C19H16BrN3O3S. The number of carbonyl (C=O) groups is 1. The first-order valence-electron chi connectivity index (χ1n) is 7.97. The zero-order valence-corrected chi connectivity index (χ0v) is 16.8. The third-order valence-electron chi connectivity index (χ3n) is 3.63. The monoisotopic (exact) mass is 445 g/mol. The maximum atomic E-state index is 12.6. The van der Waals surface area contributed by atoms with Gasteiger partial charge in [0, 0.05) is 28.2 Å². The van der Waals surface area contributed by atoms with Crippen LogP contribution in [0.4, 0.5) is 5.69 Å². The lowest BCUT2D eigenvalue weighted by atomic mass is 10.3. The molecule has 0 aliphatic heterocycles. The van der Waals surface area contributed by atoms with Crippen LogP contribution in [0.15, 0.2) is 75.2 Å². The molecular weight excluding hydrogens is 430 g/mol. The van der Waals surface area contributed by atoms with Crippen LogP contribution in [0.5, 0.6) is 5.75 Å². The summed E-state index contributed by atoms with van der Waals surface area (Å²) in [6.45, 7) is 0. The summed E-state index contributed by atoms with van der Waals surface area (Å²) in [5, 5.41) is 3.05. The van der Waals surface area contributed by atoms with Crippen LogP contribution in [0.1, 0.15) is 0 Å². The summed E-state index contributed by atoms with van der Waals surface area (Å²) in [4.78, 5) is 28.9. The fourth-order valence-electron chi connectivity index (χ4n) is 2.30. The van der Waals surface area contributed by atoms with Gasteiger partial charge in [-0.2, -0.15) is 0 Å². The van der Waals surface area contributed by atoms with Gasteiger partial charge >= 0.3 is 0 Å². The van der Waals surface area contributed by atoms with Crippen LogP contribution in [0.3, 0.4) is 0 Å². The molecule has 1 heterocycles. The van der Waals surface area contributed by atoms with Gasteiger partial charge < -0.3 is 10.1 Å². The number of benzene rings is 2. The van der Waals surface area contributed by atoms with Crippen molar-refractivity contribution in [2.45, 2.75) is 5.03 Å². The highest BCUT2D eigenvalue weighted by Gasteiger charge is 2.10. The Labute approximate surface area is 168 Å². The van der Waals surface area contributed by atoms with Gasteiger partial charge in [0.05, 0.1) is 12.9 Å². The highest BCUT2D eigenvalue weighted by molar-refractivity contribution is 9.10. The van der Waals surface area contributed by atoms with Crippen molar-refractivity contribution in [1.29, 1.82) is 0 Å². The van der Waals surface area contributed by atoms with Gasteiger partial charge in [0.2, 0.25) is 5.91 Å². The second kappa shape index (κ2) is 8.88. The number of anilines is 1. The Morgan fingerprint density at radius 2 is 1.89 bits per heavy atom. The lowest BCUT2D eigenvalue weighted by Crippen LogP contribution is -2.22. The number of carbonyl (C=O) groups excluding carboxylic acids is 1. The van der Waals surface area contributed by atoms with E-state index in [-0.39, 0.29) is 22.2 Å². The number of methoxy groups -OCH3 is 1. The third kappa shape index (κ3) is 4.99. The van der Waals surface area contributed by atoms with Crippen molar-refractivity contribution in [2.24, 2.45) is 0 Å². The standard InChI is InChI=1S/C19H16BrN3O3S/c1-26-16-8-6-15(7-9-16)23-11-10-21-18(19(23)25)27-12-17(24)22-14-4-2-13(20)3-5-14/h2-11H,12H2,1H3,(H,22,24). The average Bonchev–Trinajstić information content (AvgIpc) is 2.69. The molecule has 3 rings (SSSR count). The van der Waals surface area contributed by atoms with E-state index in [4.69, 9.17) is 4.74 Å². The lowest BCUT2D eigenvalue weighted by molar-refractivity contribution is -0.113. The van der Waals surface area contributed by atoms with Gasteiger partial charge in [0.1, 0.15) is 5.75 Å². The van der Waals surface area contributed by atoms with Crippen molar-refractivity contribution in [1.82, 2.24) is 9.55 Å². The number of amides is 1. The highest BCUT2D eigenvalue weighted by atomic mass is 79.9. The zero-order chi connectivity index (χ0) is 19.2. The van der Waals surface area contributed by atoms with Gasteiger partial charge in [0.15, 0.2) is 5.03 Å². The first-order chi connectivity index (χ1) is 13.1. The topological polar surface area (TPSA) is 73.2 Å². The van der Waals surface area contributed by atoms with E-state index in [2.05, 4.69) is 26.2 Å². The molecule has 138 valence electrons. The number of nitrogens with one attached hydrogen (secondary N) is 1. The summed E-state index contributed by atoms with van der Waals surface area (Å²) in [6, 6.07) is 14.4. The molecule has 1 N–H and O–H groups in total. The number of nitrogens with zero attached hydrogens (tertiary/aromatic N) is 2. The predicted molar refractivity (Wildman–Crippen MR) is 110 cm³/mol. The maximum Gasteiger partial charge on any atom is 0.287 e. The molecule has 6 nitrogen and oxygen atoms in total. The van der Waals surface area contributed by atoms with Gasteiger partial charge in [-0.15, -0.1) is 0 Å². The van der Waals surface area contributed by atoms with E-state index in [1.54, 1.807) is 55.9 Å². The van der Waals surface area contributed by atoms with Crippen LogP contribution in [0.25, 0.3) is 5.69 Å². The van der Waals surface area contributed by atoms with Crippen LogP contribution in [0.2, 0.25) is 0 Å². The molecule has 0 radical (unpaired) electrons. The van der Waals surface area contributed by atoms with Crippen LogP contribution < -0.4 is 15.6 Å². The summed E-state index contributed by atoms with van der Waals surface area (Å²) in [5.41, 5.74) is 1.12. The molecule has 0 atom stereocenters. The molecule has 1 amide bonds. The number of thioether (sulfide) groups is 1. The Hall–Kier alpha value is -2.58. The maximum absolute atomic E-state index is 12.6. The van der Waals surface area contributed by atoms with E-state index in [1.807, 2.05) is 12.1 Å².